The molecule has 1 aliphatic rings. The summed E-state index contributed by atoms with van der Waals surface area (Å²) in [5.41, 5.74) is 0.209. The highest BCUT2D eigenvalue weighted by molar-refractivity contribution is 9.10. The number of ether oxygens (including phenoxy) is 1. The average molecular weight is 304 g/mol. The molecule has 3 nitrogen and oxygen atoms in total. The Bertz CT molecular complexity index is 394. The lowest BCUT2D eigenvalue weighted by Crippen LogP contribution is -2.40. The summed E-state index contributed by atoms with van der Waals surface area (Å²) in [6.07, 6.45) is 0.657. The largest absolute Gasteiger partial charge is 0.386 e. The molecule has 94 valence electrons. The monoisotopic (exact) mass is 303 g/mol. The summed E-state index contributed by atoms with van der Waals surface area (Å²) < 4.78 is 18.8. The van der Waals surface area contributed by atoms with Gasteiger partial charge in [-0.2, -0.15) is 0 Å². The maximum Gasteiger partial charge on any atom is 0.124 e. The van der Waals surface area contributed by atoms with Crippen molar-refractivity contribution in [1.82, 2.24) is 5.32 Å². The number of halogens is 2. The van der Waals surface area contributed by atoms with Gasteiger partial charge >= 0.3 is 0 Å². The maximum absolute atomic E-state index is 12.9. The van der Waals surface area contributed by atoms with Gasteiger partial charge in [-0.15, -0.1) is 0 Å². The minimum absolute atomic E-state index is 0.261. The van der Waals surface area contributed by atoms with Gasteiger partial charge in [-0.05, 0) is 17.7 Å². The average Bonchev–Trinajstić information content (AvgIpc) is 2.69. The second-order valence-electron chi connectivity index (χ2n) is 4.37. The number of aliphatic hydroxyl groups is 1. The van der Waals surface area contributed by atoms with Gasteiger partial charge in [0.15, 0.2) is 0 Å². The van der Waals surface area contributed by atoms with Crippen LogP contribution in [0.25, 0.3) is 0 Å². The van der Waals surface area contributed by atoms with Gasteiger partial charge in [0.05, 0.1) is 6.61 Å². The first kappa shape index (κ1) is 13.0. The van der Waals surface area contributed by atoms with Crippen LogP contribution in [0.3, 0.4) is 0 Å². The normalized spacial score (nSPS) is 24.2. The summed E-state index contributed by atoms with van der Waals surface area (Å²) in [6, 6.07) is 4.58. The van der Waals surface area contributed by atoms with Crippen molar-refractivity contribution in [1.29, 1.82) is 0 Å². The van der Waals surface area contributed by atoms with E-state index in [2.05, 4.69) is 21.2 Å². The molecule has 1 atom stereocenters. The van der Waals surface area contributed by atoms with Gasteiger partial charge in [0.25, 0.3) is 0 Å². The molecule has 0 aliphatic carbocycles. The van der Waals surface area contributed by atoms with E-state index in [-0.39, 0.29) is 5.82 Å². The van der Waals surface area contributed by atoms with Crippen molar-refractivity contribution in [2.75, 3.05) is 19.8 Å². The minimum Gasteiger partial charge on any atom is -0.386 e. The molecular formula is C12H15BrFNO2. The molecule has 0 aromatic heterocycles. The van der Waals surface area contributed by atoms with Crippen LogP contribution in [0.15, 0.2) is 22.7 Å². The molecule has 0 saturated carbocycles. The van der Waals surface area contributed by atoms with E-state index in [1.54, 1.807) is 6.07 Å². The molecule has 0 radical (unpaired) electrons. The van der Waals surface area contributed by atoms with Crippen LogP contribution in [-0.2, 0) is 11.3 Å². The van der Waals surface area contributed by atoms with Crippen molar-refractivity contribution in [2.24, 2.45) is 0 Å². The number of nitrogens with one attached hydrogen (secondary N) is 1. The summed E-state index contributed by atoms with van der Waals surface area (Å²) in [5, 5.41) is 13.2. The van der Waals surface area contributed by atoms with Crippen LogP contribution in [0.2, 0.25) is 0 Å². The molecule has 2 N–H and O–H groups in total. The Morgan fingerprint density at radius 1 is 1.53 bits per heavy atom. The molecule has 1 aliphatic heterocycles. The van der Waals surface area contributed by atoms with Crippen LogP contribution in [-0.4, -0.2) is 30.5 Å². The number of rotatable bonds is 4. The van der Waals surface area contributed by atoms with Crippen molar-refractivity contribution in [3.63, 3.8) is 0 Å². The first-order chi connectivity index (χ1) is 8.09. The quantitative estimate of drug-likeness (QED) is 0.892. The summed E-state index contributed by atoms with van der Waals surface area (Å²) in [4.78, 5) is 0. The van der Waals surface area contributed by atoms with E-state index < -0.39 is 5.60 Å². The van der Waals surface area contributed by atoms with Gasteiger partial charge in [-0.3, -0.25) is 0 Å². The Kier molecular flexibility index (Phi) is 4.14. The topological polar surface area (TPSA) is 41.5 Å². The molecule has 1 saturated heterocycles. The third kappa shape index (κ3) is 3.48. The predicted octanol–water partition coefficient (Wildman–Crippen LogP) is 1.83. The highest BCUT2D eigenvalue weighted by Gasteiger charge is 2.31. The summed E-state index contributed by atoms with van der Waals surface area (Å²) >= 11 is 3.31. The molecule has 1 aromatic carbocycles. The van der Waals surface area contributed by atoms with Crippen molar-refractivity contribution in [3.8, 4) is 0 Å². The van der Waals surface area contributed by atoms with E-state index in [0.29, 0.717) is 32.7 Å². The summed E-state index contributed by atoms with van der Waals surface area (Å²) in [6.45, 7) is 2.06. The zero-order chi connectivity index (χ0) is 12.3. The van der Waals surface area contributed by atoms with Crippen LogP contribution in [0.1, 0.15) is 12.0 Å². The van der Waals surface area contributed by atoms with Crippen LogP contribution in [0, 0.1) is 5.82 Å². The van der Waals surface area contributed by atoms with Crippen molar-refractivity contribution in [2.45, 2.75) is 18.6 Å². The van der Waals surface area contributed by atoms with Gasteiger partial charge in [0.1, 0.15) is 11.4 Å². The van der Waals surface area contributed by atoms with Crippen molar-refractivity contribution >= 4 is 15.9 Å². The fourth-order valence-corrected chi connectivity index (χ4v) is 2.32. The SMILES string of the molecule is OC1(CNCc2ccc(F)cc2Br)CCOC1. The van der Waals surface area contributed by atoms with Gasteiger partial charge in [0, 0.05) is 30.6 Å². The second kappa shape index (κ2) is 5.44. The maximum atomic E-state index is 12.9. The zero-order valence-electron chi connectivity index (χ0n) is 9.38. The third-order valence-corrected chi connectivity index (χ3v) is 3.61. The molecule has 0 spiro atoms. The van der Waals surface area contributed by atoms with Gasteiger partial charge in [-0.25, -0.2) is 4.39 Å². The minimum atomic E-state index is -0.757. The Morgan fingerprint density at radius 2 is 2.35 bits per heavy atom. The lowest BCUT2D eigenvalue weighted by atomic mass is 10.0. The van der Waals surface area contributed by atoms with Gasteiger partial charge in [0.2, 0.25) is 0 Å². The molecule has 1 aromatic rings. The Hall–Kier alpha value is -0.490. The van der Waals surface area contributed by atoms with E-state index in [0.717, 1.165) is 10.0 Å². The number of hydrogen-bond acceptors (Lipinski definition) is 3. The van der Waals surface area contributed by atoms with Crippen LogP contribution in [0.5, 0.6) is 0 Å². The Morgan fingerprint density at radius 3 is 3.00 bits per heavy atom. The molecule has 17 heavy (non-hydrogen) atoms. The molecule has 0 bridgehead atoms. The standard InChI is InChI=1S/C12H15BrFNO2/c13-11-5-10(14)2-1-9(11)6-15-7-12(16)3-4-17-8-12/h1-2,5,15-16H,3-4,6-8H2. The first-order valence-electron chi connectivity index (χ1n) is 5.54. The molecule has 0 amide bonds. The smallest absolute Gasteiger partial charge is 0.124 e. The lowest BCUT2D eigenvalue weighted by molar-refractivity contribution is 0.0268. The second-order valence-corrected chi connectivity index (χ2v) is 5.22. The highest BCUT2D eigenvalue weighted by Crippen LogP contribution is 2.19. The molecule has 2 rings (SSSR count). The van der Waals surface area contributed by atoms with Gasteiger partial charge < -0.3 is 15.2 Å². The van der Waals surface area contributed by atoms with Crippen LogP contribution < -0.4 is 5.32 Å². The van der Waals surface area contributed by atoms with E-state index in [4.69, 9.17) is 4.74 Å². The highest BCUT2D eigenvalue weighted by atomic mass is 79.9. The van der Waals surface area contributed by atoms with E-state index in [9.17, 15) is 9.50 Å². The van der Waals surface area contributed by atoms with E-state index in [1.165, 1.54) is 12.1 Å². The fourth-order valence-electron chi connectivity index (χ4n) is 1.83. The first-order valence-corrected chi connectivity index (χ1v) is 6.33. The molecule has 1 fully saturated rings. The Balaban J connectivity index is 1.85. The summed E-state index contributed by atoms with van der Waals surface area (Å²) in [5.74, 6) is -0.261. The molecular weight excluding hydrogens is 289 g/mol. The predicted molar refractivity (Wildman–Crippen MR) is 66.2 cm³/mol. The molecule has 5 heteroatoms. The third-order valence-electron chi connectivity index (χ3n) is 2.87. The van der Waals surface area contributed by atoms with E-state index in [1.807, 2.05) is 0 Å². The van der Waals surface area contributed by atoms with Gasteiger partial charge in [-0.1, -0.05) is 22.0 Å². The number of benzene rings is 1. The van der Waals surface area contributed by atoms with E-state index >= 15 is 0 Å². The van der Waals surface area contributed by atoms with Crippen molar-refractivity contribution < 1.29 is 14.2 Å². The fraction of sp³-hybridized carbons (Fsp3) is 0.500. The summed E-state index contributed by atoms with van der Waals surface area (Å²) in [7, 11) is 0. The lowest BCUT2D eigenvalue weighted by Gasteiger charge is -2.20. The Labute approximate surface area is 108 Å². The van der Waals surface area contributed by atoms with Crippen LogP contribution in [0.4, 0.5) is 4.39 Å². The molecule has 1 heterocycles. The molecule has 1 unspecified atom stereocenters. The zero-order valence-corrected chi connectivity index (χ0v) is 11.0. The van der Waals surface area contributed by atoms with Crippen LogP contribution >= 0.6 is 15.9 Å². The number of hydrogen-bond donors (Lipinski definition) is 2. The van der Waals surface area contributed by atoms with Crippen molar-refractivity contribution in [3.05, 3.63) is 34.1 Å².